The van der Waals surface area contributed by atoms with Crippen LogP contribution in [0, 0.1) is 0 Å². The summed E-state index contributed by atoms with van der Waals surface area (Å²) in [5.41, 5.74) is 0.941. The molecule has 1 fully saturated rings. The van der Waals surface area contributed by atoms with E-state index in [1.807, 2.05) is 34.0 Å². The van der Waals surface area contributed by atoms with Gasteiger partial charge in [0.05, 0.1) is 11.9 Å². The Balaban J connectivity index is 1.65. The van der Waals surface area contributed by atoms with Gasteiger partial charge in [-0.15, -0.1) is 11.3 Å². The number of hydrogen-bond donors (Lipinski definition) is 0. The van der Waals surface area contributed by atoms with Crippen LogP contribution in [0.2, 0.25) is 0 Å². The van der Waals surface area contributed by atoms with E-state index in [-0.39, 0.29) is 5.91 Å². The number of imidazole rings is 1. The summed E-state index contributed by atoms with van der Waals surface area (Å²) in [5, 5.41) is 1.99. The fraction of sp³-hybridized carbons (Fsp3) is 0.467. The van der Waals surface area contributed by atoms with Gasteiger partial charge in [0, 0.05) is 30.7 Å². The van der Waals surface area contributed by atoms with E-state index in [4.69, 9.17) is 0 Å². The zero-order valence-corrected chi connectivity index (χ0v) is 13.2. The monoisotopic (exact) mass is 304 g/mol. The third kappa shape index (κ3) is 3.01. The average Bonchev–Trinajstić information content (AvgIpc) is 3.08. The third-order valence-electron chi connectivity index (χ3n) is 4.16. The van der Waals surface area contributed by atoms with Crippen LogP contribution in [-0.4, -0.2) is 58.3 Å². The molecule has 0 N–H and O–H groups in total. The van der Waals surface area contributed by atoms with E-state index in [2.05, 4.69) is 16.9 Å². The highest BCUT2D eigenvalue weighted by molar-refractivity contribution is 7.15. The van der Waals surface area contributed by atoms with E-state index >= 15 is 0 Å². The van der Waals surface area contributed by atoms with Crippen LogP contribution in [0.15, 0.2) is 23.8 Å². The van der Waals surface area contributed by atoms with Crippen molar-refractivity contribution in [2.75, 3.05) is 27.2 Å². The van der Waals surface area contributed by atoms with E-state index < -0.39 is 0 Å². The summed E-state index contributed by atoms with van der Waals surface area (Å²) in [6.07, 6.45) is 9.37. The Labute approximate surface area is 128 Å². The summed E-state index contributed by atoms with van der Waals surface area (Å²) in [4.78, 5) is 21.7. The van der Waals surface area contributed by atoms with E-state index in [1.165, 1.54) is 0 Å². The second-order valence-electron chi connectivity index (χ2n) is 5.56. The van der Waals surface area contributed by atoms with Crippen LogP contribution >= 0.6 is 11.3 Å². The van der Waals surface area contributed by atoms with Gasteiger partial charge in [-0.05, 0) is 39.1 Å². The van der Waals surface area contributed by atoms with Crippen LogP contribution in [-0.2, 0) is 4.79 Å². The fourth-order valence-electron chi connectivity index (χ4n) is 2.71. The highest BCUT2D eigenvalue weighted by Crippen LogP contribution is 2.16. The van der Waals surface area contributed by atoms with Gasteiger partial charge in [-0.2, -0.15) is 0 Å². The molecule has 21 heavy (non-hydrogen) atoms. The standard InChI is InChI=1S/C15H20N4OS/c1-17-7-5-12(6-8-17)18(2)14(20)4-3-13-11-16-15-19(13)9-10-21-15/h3-4,9-12H,5-8H2,1-2H3/b4-3+. The number of likely N-dealkylation sites (N-methyl/N-ethyl adjacent to an activating group) is 1. The second kappa shape index (κ2) is 5.99. The number of amides is 1. The van der Waals surface area contributed by atoms with Crippen LogP contribution in [0.3, 0.4) is 0 Å². The molecule has 2 aromatic heterocycles. The number of fused-ring (bicyclic) bond motifs is 1. The predicted molar refractivity (Wildman–Crippen MR) is 85.4 cm³/mol. The van der Waals surface area contributed by atoms with Gasteiger partial charge in [0.25, 0.3) is 0 Å². The Bertz CT molecular complexity index is 651. The molecular formula is C15H20N4OS. The minimum Gasteiger partial charge on any atom is -0.339 e. The molecule has 1 aliphatic rings. The molecular weight excluding hydrogens is 284 g/mol. The maximum atomic E-state index is 12.3. The Morgan fingerprint density at radius 2 is 2.24 bits per heavy atom. The number of piperidine rings is 1. The number of hydrogen-bond acceptors (Lipinski definition) is 4. The van der Waals surface area contributed by atoms with Gasteiger partial charge in [0.15, 0.2) is 4.96 Å². The highest BCUT2D eigenvalue weighted by Gasteiger charge is 2.22. The Hall–Kier alpha value is -1.66. The summed E-state index contributed by atoms with van der Waals surface area (Å²) in [5.74, 6) is 0.0646. The van der Waals surface area contributed by atoms with Crippen molar-refractivity contribution in [3.8, 4) is 0 Å². The molecule has 112 valence electrons. The Morgan fingerprint density at radius 1 is 1.48 bits per heavy atom. The molecule has 1 amide bonds. The van der Waals surface area contributed by atoms with Crippen molar-refractivity contribution in [1.82, 2.24) is 19.2 Å². The molecule has 0 spiro atoms. The molecule has 0 radical (unpaired) electrons. The lowest BCUT2D eigenvalue weighted by molar-refractivity contribution is -0.127. The van der Waals surface area contributed by atoms with Crippen molar-refractivity contribution in [1.29, 1.82) is 0 Å². The molecule has 0 saturated carbocycles. The summed E-state index contributed by atoms with van der Waals surface area (Å²) < 4.78 is 1.99. The predicted octanol–water partition coefficient (Wildman–Crippen LogP) is 1.96. The largest absolute Gasteiger partial charge is 0.339 e. The smallest absolute Gasteiger partial charge is 0.246 e. The van der Waals surface area contributed by atoms with Gasteiger partial charge in [-0.3, -0.25) is 9.20 Å². The first kappa shape index (κ1) is 14.3. The highest BCUT2D eigenvalue weighted by atomic mass is 32.1. The normalized spacial score (nSPS) is 17.8. The summed E-state index contributed by atoms with van der Waals surface area (Å²) in [6, 6.07) is 0.352. The number of carbonyl (C=O) groups excluding carboxylic acids is 1. The molecule has 1 saturated heterocycles. The van der Waals surface area contributed by atoms with Crippen LogP contribution in [0.25, 0.3) is 11.0 Å². The fourth-order valence-corrected chi connectivity index (χ4v) is 3.40. The maximum Gasteiger partial charge on any atom is 0.246 e. The summed E-state index contributed by atoms with van der Waals surface area (Å²) >= 11 is 1.59. The zero-order chi connectivity index (χ0) is 14.8. The molecule has 0 bridgehead atoms. The molecule has 0 unspecified atom stereocenters. The van der Waals surface area contributed by atoms with Gasteiger partial charge >= 0.3 is 0 Å². The SMILES string of the molecule is CN1CCC(N(C)C(=O)/C=C/c2cnc3sccn23)CC1. The second-order valence-corrected chi connectivity index (χ2v) is 6.43. The van der Waals surface area contributed by atoms with Crippen LogP contribution in [0.4, 0.5) is 0 Å². The number of carbonyl (C=O) groups is 1. The molecule has 0 aliphatic carbocycles. The average molecular weight is 304 g/mol. The molecule has 0 atom stereocenters. The number of aromatic nitrogens is 2. The first-order valence-corrected chi connectivity index (χ1v) is 8.07. The van der Waals surface area contributed by atoms with Crippen LogP contribution < -0.4 is 0 Å². The molecule has 1 aliphatic heterocycles. The van der Waals surface area contributed by atoms with Crippen molar-refractivity contribution in [3.63, 3.8) is 0 Å². The van der Waals surface area contributed by atoms with Gasteiger partial charge in [0.1, 0.15) is 0 Å². The first-order chi connectivity index (χ1) is 10.1. The van der Waals surface area contributed by atoms with Crippen molar-refractivity contribution in [2.45, 2.75) is 18.9 Å². The third-order valence-corrected chi connectivity index (χ3v) is 4.93. The molecule has 5 nitrogen and oxygen atoms in total. The van der Waals surface area contributed by atoms with Crippen molar-refractivity contribution >= 4 is 28.3 Å². The lowest BCUT2D eigenvalue weighted by atomic mass is 10.0. The van der Waals surface area contributed by atoms with Gasteiger partial charge in [0.2, 0.25) is 5.91 Å². The number of nitrogens with zero attached hydrogens (tertiary/aromatic N) is 4. The number of rotatable bonds is 3. The zero-order valence-electron chi connectivity index (χ0n) is 12.4. The maximum absolute atomic E-state index is 12.3. The van der Waals surface area contributed by atoms with E-state index in [9.17, 15) is 4.79 Å². The quantitative estimate of drug-likeness (QED) is 0.814. The number of thiazole rings is 1. The minimum atomic E-state index is 0.0646. The molecule has 2 aromatic rings. The van der Waals surface area contributed by atoms with Crippen molar-refractivity contribution in [3.05, 3.63) is 29.5 Å². The molecule has 3 rings (SSSR count). The molecule has 6 heteroatoms. The van der Waals surface area contributed by atoms with Gasteiger partial charge in [-0.1, -0.05) is 0 Å². The lowest BCUT2D eigenvalue weighted by Gasteiger charge is -2.34. The molecule has 3 heterocycles. The van der Waals surface area contributed by atoms with E-state index in [0.717, 1.165) is 36.6 Å². The van der Waals surface area contributed by atoms with Gasteiger partial charge < -0.3 is 9.80 Å². The van der Waals surface area contributed by atoms with Crippen LogP contribution in [0.1, 0.15) is 18.5 Å². The minimum absolute atomic E-state index is 0.0646. The van der Waals surface area contributed by atoms with Crippen LogP contribution in [0.5, 0.6) is 0 Å². The van der Waals surface area contributed by atoms with E-state index in [0.29, 0.717) is 6.04 Å². The number of likely N-dealkylation sites (tertiary alicyclic amines) is 1. The Morgan fingerprint density at radius 3 is 3.00 bits per heavy atom. The van der Waals surface area contributed by atoms with Crippen molar-refractivity contribution < 1.29 is 4.79 Å². The van der Waals surface area contributed by atoms with E-state index in [1.54, 1.807) is 23.6 Å². The first-order valence-electron chi connectivity index (χ1n) is 7.19. The van der Waals surface area contributed by atoms with Gasteiger partial charge in [-0.25, -0.2) is 4.98 Å². The topological polar surface area (TPSA) is 40.8 Å². The van der Waals surface area contributed by atoms with Crippen molar-refractivity contribution in [2.24, 2.45) is 0 Å². The lowest BCUT2D eigenvalue weighted by Crippen LogP contribution is -2.43. The summed E-state index contributed by atoms with van der Waals surface area (Å²) in [6.45, 7) is 2.12. The molecule has 0 aromatic carbocycles. The Kier molecular flexibility index (Phi) is 4.07. The summed E-state index contributed by atoms with van der Waals surface area (Å²) in [7, 11) is 4.03.